The van der Waals surface area contributed by atoms with Crippen LogP contribution in [-0.2, 0) is 13.1 Å². The number of hydrogen-bond acceptors (Lipinski definition) is 3. The third-order valence-corrected chi connectivity index (χ3v) is 3.74. The average Bonchev–Trinajstić information content (AvgIpc) is 2.92. The van der Waals surface area contributed by atoms with Gasteiger partial charge in [-0.25, -0.2) is 4.98 Å². The van der Waals surface area contributed by atoms with Crippen LogP contribution in [0.3, 0.4) is 0 Å². The predicted octanol–water partition coefficient (Wildman–Crippen LogP) is 2.92. The monoisotopic (exact) mass is 280 g/mol. The maximum absolute atomic E-state index is 4.41. The standard InChI is InChI=1S/C17H20N4/c1-14-7-9-19-12-15(14)11-18-8-4-10-21-13-20-16-5-2-3-6-17(16)21/h2-3,5-7,9,12-13,18H,4,8,10-11H2,1H3. The van der Waals surface area contributed by atoms with Gasteiger partial charge in [0, 0.05) is 25.5 Å². The molecule has 2 heterocycles. The van der Waals surface area contributed by atoms with Crippen LogP contribution in [0.4, 0.5) is 0 Å². The number of nitrogens with one attached hydrogen (secondary N) is 1. The minimum absolute atomic E-state index is 0.879. The van der Waals surface area contributed by atoms with Crippen LogP contribution in [0.5, 0.6) is 0 Å². The van der Waals surface area contributed by atoms with Crippen molar-refractivity contribution in [2.24, 2.45) is 0 Å². The van der Waals surface area contributed by atoms with Gasteiger partial charge in [0.25, 0.3) is 0 Å². The third-order valence-electron chi connectivity index (χ3n) is 3.74. The van der Waals surface area contributed by atoms with Crippen molar-refractivity contribution < 1.29 is 0 Å². The summed E-state index contributed by atoms with van der Waals surface area (Å²) < 4.78 is 2.21. The lowest BCUT2D eigenvalue weighted by Gasteiger charge is -2.08. The molecule has 0 aliphatic carbocycles. The topological polar surface area (TPSA) is 42.7 Å². The highest BCUT2D eigenvalue weighted by molar-refractivity contribution is 5.74. The first-order valence-corrected chi connectivity index (χ1v) is 7.34. The summed E-state index contributed by atoms with van der Waals surface area (Å²) in [6.07, 6.45) is 6.78. The number of imidazole rings is 1. The van der Waals surface area contributed by atoms with Crippen molar-refractivity contribution in [2.75, 3.05) is 6.54 Å². The van der Waals surface area contributed by atoms with Crippen LogP contribution >= 0.6 is 0 Å². The van der Waals surface area contributed by atoms with E-state index >= 15 is 0 Å². The summed E-state index contributed by atoms with van der Waals surface area (Å²) >= 11 is 0. The van der Waals surface area contributed by atoms with Gasteiger partial charge in [0.15, 0.2) is 0 Å². The summed E-state index contributed by atoms with van der Waals surface area (Å²) in [5.74, 6) is 0. The van der Waals surface area contributed by atoms with E-state index in [4.69, 9.17) is 0 Å². The van der Waals surface area contributed by atoms with Crippen LogP contribution in [0.25, 0.3) is 11.0 Å². The van der Waals surface area contributed by atoms with Gasteiger partial charge in [-0.2, -0.15) is 0 Å². The second kappa shape index (κ2) is 6.50. The lowest BCUT2D eigenvalue weighted by atomic mass is 10.1. The molecule has 21 heavy (non-hydrogen) atoms. The fourth-order valence-electron chi connectivity index (χ4n) is 2.47. The van der Waals surface area contributed by atoms with Gasteiger partial charge in [0.1, 0.15) is 0 Å². The van der Waals surface area contributed by atoms with Crippen LogP contribution < -0.4 is 5.32 Å². The number of nitrogens with zero attached hydrogens (tertiary/aromatic N) is 3. The molecule has 0 spiro atoms. The molecule has 1 N–H and O–H groups in total. The molecule has 0 atom stereocenters. The van der Waals surface area contributed by atoms with Crippen molar-refractivity contribution in [1.29, 1.82) is 0 Å². The van der Waals surface area contributed by atoms with E-state index in [9.17, 15) is 0 Å². The number of rotatable bonds is 6. The molecule has 0 unspecified atom stereocenters. The SMILES string of the molecule is Cc1ccncc1CNCCCn1cnc2ccccc21. The second-order valence-corrected chi connectivity index (χ2v) is 5.26. The zero-order valence-electron chi connectivity index (χ0n) is 12.3. The highest BCUT2D eigenvalue weighted by Crippen LogP contribution is 2.12. The lowest BCUT2D eigenvalue weighted by Crippen LogP contribution is -2.17. The number of benzene rings is 1. The molecule has 0 aliphatic rings. The van der Waals surface area contributed by atoms with Gasteiger partial charge in [-0.05, 0) is 49.2 Å². The molecule has 2 aromatic heterocycles. The van der Waals surface area contributed by atoms with Crippen LogP contribution in [0.2, 0.25) is 0 Å². The molecule has 3 rings (SSSR count). The zero-order chi connectivity index (χ0) is 14.5. The Morgan fingerprint density at radius 3 is 3.00 bits per heavy atom. The Morgan fingerprint density at radius 1 is 1.19 bits per heavy atom. The second-order valence-electron chi connectivity index (χ2n) is 5.26. The number of para-hydroxylation sites is 2. The van der Waals surface area contributed by atoms with Gasteiger partial charge >= 0.3 is 0 Å². The average molecular weight is 280 g/mol. The fourth-order valence-corrected chi connectivity index (χ4v) is 2.47. The molecule has 108 valence electrons. The molecule has 0 radical (unpaired) electrons. The summed E-state index contributed by atoms with van der Waals surface area (Å²) in [4.78, 5) is 8.58. The Hall–Kier alpha value is -2.20. The summed E-state index contributed by atoms with van der Waals surface area (Å²) in [5, 5.41) is 3.48. The van der Waals surface area contributed by atoms with Gasteiger partial charge in [0.2, 0.25) is 0 Å². The molecular formula is C17H20N4. The minimum atomic E-state index is 0.879. The van der Waals surface area contributed by atoms with E-state index in [1.165, 1.54) is 16.6 Å². The minimum Gasteiger partial charge on any atom is -0.331 e. The van der Waals surface area contributed by atoms with Crippen molar-refractivity contribution in [3.63, 3.8) is 0 Å². The molecule has 0 saturated heterocycles. The van der Waals surface area contributed by atoms with Crippen molar-refractivity contribution in [1.82, 2.24) is 19.9 Å². The zero-order valence-corrected chi connectivity index (χ0v) is 12.3. The predicted molar refractivity (Wildman–Crippen MR) is 85.0 cm³/mol. The van der Waals surface area contributed by atoms with Crippen LogP contribution in [-0.4, -0.2) is 21.1 Å². The van der Waals surface area contributed by atoms with E-state index in [1.807, 2.05) is 24.8 Å². The van der Waals surface area contributed by atoms with Crippen LogP contribution in [0, 0.1) is 6.92 Å². The van der Waals surface area contributed by atoms with Gasteiger partial charge in [0.05, 0.1) is 17.4 Å². The van der Waals surface area contributed by atoms with E-state index in [-0.39, 0.29) is 0 Å². The van der Waals surface area contributed by atoms with Crippen molar-refractivity contribution in [3.05, 3.63) is 60.2 Å². The molecule has 0 fully saturated rings. The van der Waals surface area contributed by atoms with Crippen molar-refractivity contribution >= 4 is 11.0 Å². The fraction of sp³-hybridized carbons (Fsp3) is 0.294. The summed E-state index contributed by atoms with van der Waals surface area (Å²) in [5.41, 5.74) is 4.83. The quantitative estimate of drug-likeness (QED) is 0.706. The molecular weight excluding hydrogens is 260 g/mol. The smallest absolute Gasteiger partial charge is 0.0958 e. The molecule has 0 amide bonds. The van der Waals surface area contributed by atoms with Gasteiger partial charge in [-0.1, -0.05) is 12.1 Å². The maximum Gasteiger partial charge on any atom is 0.0958 e. The Morgan fingerprint density at radius 2 is 2.10 bits per heavy atom. The number of aryl methyl sites for hydroxylation is 2. The molecule has 4 heteroatoms. The Kier molecular flexibility index (Phi) is 4.26. The molecule has 0 bridgehead atoms. The number of hydrogen-bond donors (Lipinski definition) is 1. The summed E-state index contributed by atoms with van der Waals surface area (Å²) in [7, 11) is 0. The van der Waals surface area contributed by atoms with E-state index in [0.29, 0.717) is 0 Å². The third kappa shape index (κ3) is 3.28. The molecule has 0 aliphatic heterocycles. The molecule has 4 nitrogen and oxygen atoms in total. The molecule has 3 aromatic rings. The number of fused-ring (bicyclic) bond motifs is 1. The molecule has 0 saturated carbocycles. The van der Waals surface area contributed by atoms with E-state index in [0.717, 1.165) is 31.6 Å². The van der Waals surface area contributed by atoms with Crippen LogP contribution in [0.15, 0.2) is 49.1 Å². The van der Waals surface area contributed by atoms with Crippen LogP contribution in [0.1, 0.15) is 17.5 Å². The van der Waals surface area contributed by atoms with E-state index < -0.39 is 0 Å². The largest absolute Gasteiger partial charge is 0.331 e. The first-order chi connectivity index (χ1) is 10.3. The normalized spacial score (nSPS) is 11.1. The first-order valence-electron chi connectivity index (χ1n) is 7.34. The highest BCUT2D eigenvalue weighted by atomic mass is 15.0. The Balaban J connectivity index is 1.47. The highest BCUT2D eigenvalue weighted by Gasteiger charge is 2.01. The lowest BCUT2D eigenvalue weighted by molar-refractivity contribution is 0.587. The van der Waals surface area contributed by atoms with Gasteiger partial charge in [-0.15, -0.1) is 0 Å². The molecule has 1 aromatic carbocycles. The number of pyridine rings is 1. The number of aromatic nitrogens is 3. The van der Waals surface area contributed by atoms with E-state index in [1.54, 1.807) is 0 Å². The van der Waals surface area contributed by atoms with Crippen molar-refractivity contribution in [3.8, 4) is 0 Å². The van der Waals surface area contributed by atoms with Gasteiger partial charge < -0.3 is 9.88 Å². The Labute approximate surface area is 124 Å². The summed E-state index contributed by atoms with van der Waals surface area (Å²) in [6, 6.07) is 10.3. The maximum atomic E-state index is 4.41. The summed E-state index contributed by atoms with van der Waals surface area (Å²) in [6.45, 7) is 4.97. The van der Waals surface area contributed by atoms with Crippen molar-refractivity contribution in [2.45, 2.75) is 26.4 Å². The van der Waals surface area contributed by atoms with Gasteiger partial charge in [-0.3, -0.25) is 4.98 Å². The Bertz CT molecular complexity index is 717. The van der Waals surface area contributed by atoms with E-state index in [2.05, 4.69) is 51.0 Å². The first kappa shape index (κ1) is 13.8.